The van der Waals surface area contributed by atoms with Crippen molar-refractivity contribution in [3.8, 4) is 11.6 Å². The first-order chi connectivity index (χ1) is 15.7. The van der Waals surface area contributed by atoms with E-state index in [2.05, 4.69) is 15.3 Å². The molecule has 4 aromatic rings. The van der Waals surface area contributed by atoms with Crippen LogP contribution in [-0.2, 0) is 6.18 Å². The number of ether oxygens (including phenoxy) is 1. The maximum absolute atomic E-state index is 12.9. The van der Waals surface area contributed by atoms with Crippen LogP contribution in [0.2, 0.25) is 0 Å². The summed E-state index contributed by atoms with van der Waals surface area (Å²) in [5.74, 6) is -0.795. The summed E-state index contributed by atoms with van der Waals surface area (Å²) < 4.78 is 44.5. The number of fused-ring (bicyclic) bond motifs is 1. The van der Waals surface area contributed by atoms with Crippen LogP contribution in [0.15, 0.2) is 73.1 Å². The highest BCUT2D eigenvalue weighted by Crippen LogP contribution is 2.31. The third-order valence-corrected chi connectivity index (χ3v) is 4.66. The number of benzene rings is 3. The number of alkyl halides is 3. The molecule has 0 fully saturated rings. The molecule has 2 amide bonds. The second-order valence-corrected chi connectivity index (χ2v) is 6.93. The molecule has 0 saturated carbocycles. The largest absolute Gasteiger partial charge is 0.439 e. The molecule has 0 aliphatic heterocycles. The lowest BCUT2D eigenvalue weighted by Crippen LogP contribution is -2.13. The summed E-state index contributed by atoms with van der Waals surface area (Å²) >= 11 is 0. The van der Waals surface area contributed by atoms with Crippen LogP contribution in [0.4, 0.5) is 18.9 Å². The Morgan fingerprint density at radius 1 is 0.939 bits per heavy atom. The number of primary amides is 1. The van der Waals surface area contributed by atoms with Crippen LogP contribution < -0.4 is 15.8 Å². The molecule has 0 aliphatic rings. The summed E-state index contributed by atoms with van der Waals surface area (Å²) in [4.78, 5) is 31.7. The van der Waals surface area contributed by atoms with Gasteiger partial charge < -0.3 is 15.8 Å². The molecule has 1 aromatic heterocycles. The van der Waals surface area contributed by atoms with Gasteiger partial charge in [-0.2, -0.15) is 13.2 Å². The monoisotopic (exact) mass is 452 g/mol. The van der Waals surface area contributed by atoms with E-state index in [1.54, 1.807) is 36.4 Å². The third kappa shape index (κ3) is 4.90. The van der Waals surface area contributed by atoms with Crippen LogP contribution >= 0.6 is 0 Å². The molecule has 0 saturated heterocycles. The van der Waals surface area contributed by atoms with Gasteiger partial charge in [0, 0.05) is 17.3 Å². The molecular weight excluding hydrogens is 437 g/mol. The van der Waals surface area contributed by atoms with Crippen LogP contribution in [0.1, 0.15) is 26.4 Å². The Balaban J connectivity index is 1.59. The summed E-state index contributed by atoms with van der Waals surface area (Å²) in [6, 6.07) is 15.5. The molecule has 0 atom stereocenters. The molecule has 1 heterocycles. The van der Waals surface area contributed by atoms with Crippen molar-refractivity contribution >= 4 is 28.3 Å². The molecule has 3 aromatic carbocycles. The second kappa shape index (κ2) is 8.58. The fourth-order valence-corrected chi connectivity index (χ4v) is 3.15. The summed E-state index contributed by atoms with van der Waals surface area (Å²) in [5, 5.41) is 3.71. The SMILES string of the molecule is NC(=O)c1cc(Oc2ccc3c(C(=O)Nc4cccc(C(F)(F)F)c4)cccc3c2)ncn1. The van der Waals surface area contributed by atoms with Crippen molar-refractivity contribution in [2.45, 2.75) is 6.18 Å². The molecule has 166 valence electrons. The number of hydrogen-bond acceptors (Lipinski definition) is 5. The molecule has 0 spiro atoms. The number of halogens is 3. The van der Waals surface area contributed by atoms with Crippen LogP contribution in [0.25, 0.3) is 10.8 Å². The predicted molar refractivity (Wildman–Crippen MR) is 114 cm³/mol. The summed E-state index contributed by atoms with van der Waals surface area (Å²) in [7, 11) is 0. The number of aromatic nitrogens is 2. The second-order valence-electron chi connectivity index (χ2n) is 6.93. The van der Waals surface area contributed by atoms with Gasteiger partial charge in [0.05, 0.1) is 5.56 Å². The van der Waals surface area contributed by atoms with Crippen molar-refractivity contribution in [1.29, 1.82) is 0 Å². The molecule has 7 nitrogen and oxygen atoms in total. The molecule has 0 aliphatic carbocycles. The van der Waals surface area contributed by atoms with Gasteiger partial charge in [0.1, 0.15) is 17.8 Å². The number of hydrogen-bond donors (Lipinski definition) is 2. The summed E-state index contributed by atoms with van der Waals surface area (Å²) in [6.45, 7) is 0. The fraction of sp³-hybridized carbons (Fsp3) is 0.0435. The standard InChI is InChI=1S/C23H15F3N4O3/c24-23(25,26)14-4-2-5-15(10-14)30-22(32)18-6-1-3-13-9-16(7-8-17(13)18)33-20-11-19(21(27)31)28-12-29-20/h1-12H,(H2,27,31)(H,30,32). The number of nitrogens with two attached hydrogens (primary N) is 1. The molecule has 0 radical (unpaired) electrons. The molecule has 0 bridgehead atoms. The van der Waals surface area contributed by atoms with E-state index in [-0.39, 0.29) is 22.8 Å². The number of nitrogens with one attached hydrogen (secondary N) is 1. The Labute approximate surface area is 185 Å². The van der Waals surface area contributed by atoms with Gasteiger partial charge in [-0.15, -0.1) is 0 Å². The predicted octanol–water partition coefficient (Wildman–Crippen LogP) is 4.79. The Kier molecular flexibility index (Phi) is 5.65. The van der Waals surface area contributed by atoms with E-state index in [4.69, 9.17) is 10.5 Å². The molecular formula is C23H15F3N4O3. The Morgan fingerprint density at radius 3 is 2.48 bits per heavy atom. The van der Waals surface area contributed by atoms with E-state index >= 15 is 0 Å². The van der Waals surface area contributed by atoms with E-state index in [1.807, 2.05) is 0 Å². The average Bonchev–Trinajstić information content (AvgIpc) is 2.78. The zero-order valence-electron chi connectivity index (χ0n) is 16.8. The minimum Gasteiger partial charge on any atom is -0.439 e. The van der Waals surface area contributed by atoms with Gasteiger partial charge in [-0.25, -0.2) is 9.97 Å². The van der Waals surface area contributed by atoms with Crippen molar-refractivity contribution in [3.63, 3.8) is 0 Å². The highest BCUT2D eigenvalue weighted by molar-refractivity contribution is 6.13. The quantitative estimate of drug-likeness (QED) is 0.453. The van der Waals surface area contributed by atoms with E-state index in [9.17, 15) is 22.8 Å². The first-order valence-corrected chi connectivity index (χ1v) is 9.52. The van der Waals surface area contributed by atoms with Crippen LogP contribution in [0.5, 0.6) is 11.6 Å². The van der Waals surface area contributed by atoms with Crippen LogP contribution in [-0.4, -0.2) is 21.8 Å². The highest BCUT2D eigenvalue weighted by Gasteiger charge is 2.30. The van der Waals surface area contributed by atoms with Gasteiger partial charge in [0.2, 0.25) is 5.88 Å². The van der Waals surface area contributed by atoms with Gasteiger partial charge in [0.25, 0.3) is 11.8 Å². The van der Waals surface area contributed by atoms with Crippen molar-refractivity contribution in [2.24, 2.45) is 5.73 Å². The highest BCUT2D eigenvalue weighted by atomic mass is 19.4. The summed E-state index contributed by atoms with van der Waals surface area (Å²) in [5.41, 5.74) is 4.64. The zero-order chi connectivity index (χ0) is 23.6. The van der Waals surface area contributed by atoms with Crippen molar-refractivity contribution in [1.82, 2.24) is 9.97 Å². The van der Waals surface area contributed by atoms with Gasteiger partial charge in [-0.05, 0) is 53.2 Å². The fourth-order valence-electron chi connectivity index (χ4n) is 3.15. The molecule has 10 heteroatoms. The normalized spacial score (nSPS) is 11.2. The first kappa shape index (κ1) is 21.8. The number of nitrogens with zero attached hydrogens (tertiary/aromatic N) is 2. The lowest BCUT2D eigenvalue weighted by Gasteiger charge is -2.12. The zero-order valence-corrected chi connectivity index (χ0v) is 16.8. The van der Waals surface area contributed by atoms with Gasteiger partial charge in [0.15, 0.2) is 0 Å². The van der Waals surface area contributed by atoms with Gasteiger partial charge >= 0.3 is 6.18 Å². The molecule has 4 rings (SSSR count). The number of carbonyl (C=O) groups is 2. The van der Waals surface area contributed by atoms with E-state index in [1.165, 1.54) is 18.2 Å². The van der Waals surface area contributed by atoms with Gasteiger partial charge in [-0.3, -0.25) is 9.59 Å². The van der Waals surface area contributed by atoms with E-state index in [0.717, 1.165) is 18.5 Å². The average molecular weight is 452 g/mol. The number of amides is 2. The maximum Gasteiger partial charge on any atom is 0.416 e. The number of carbonyl (C=O) groups excluding carboxylic acids is 2. The molecule has 3 N–H and O–H groups in total. The van der Waals surface area contributed by atoms with Crippen molar-refractivity contribution < 1.29 is 27.5 Å². The first-order valence-electron chi connectivity index (χ1n) is 9.52. The minimum atomic E-state index is -4.52. The van der Waals surface area contributed by atoms with Crippen LogP contribution in [0, 0.1) is 0 Å². The van der Waals surface area contributed by atoms with Crippen LogP contribution in [0.3, 0.4) is 0 Å². The Hall–Kier alpha value is -4.47. The smallest absolute Gasteiger partial charge is 0.416 e. The Morgan fingerprint density at radius 2 is 1.73 bits per heavy atom. The number of rotatable bonds is 5. The third-order valence-electron chi connectivity index (χ3n) is 4.66. The maximum atomic E-state index is 12.9. The van der Waals surface area contributed by atoms with E-state index in [0.29, 0.717) is 16.5 Å². The Bertz CT molecular complexity index is 1370. The lowest BCUT2D eigenvalue weighted by atomic mass is 10.0. The summed E-state index contributed by atoms with van der Waals surface area (Å²) in [6.07, 6.45) is -3.37. The van der Waals surface area contributed by atoms with Crippen molar-refractivity contribution in [3.05, 3.63) is 89.9 Å². The number of anilines is 1. The van der Waals surface area contributed by atoms with Gasteiger partial charge in [-0.1, -0.05) is 18.2 Å². The minimum absolute atomic E-state index is 0.00524. The molecule has 0 unspecified atom stereocenters. The lowest BCUT2D eigenvalue weighted by molar-refractivity contribution is -0.137. The van der Waals surface area contributed by atoms with Crippen molar-refractivity contribution in [2.75, 3.05) is 5.32 Å². The molecule has 33 heavy (non-hydrogen) atoms. The topological polar surface area (TPSA) is 107 Å². The van der Waals surface area contributed by atoms with E-state index < -0.39 is 23.6 Å².